The van der Waals surface area contributed by atoms with Gasteiger partial charge in [0, 0.05) is 12.7 Å². The SMILES string of the molecule is C#C/C(=C/NC1CCCN1C(=O)OC(C)(C)C)N=C. The first kappa shape index (κ1) is 15.1. The molecule has 1 N–H and O–H groups in total. The van der Waals surface area contributed by atoms with Gasteiger partial charge in [0.05, 0.1) is 0 Å². The molecule has 1 unspecified atom stereocenters. The molecule has 1 fully saturated rings. The normalized spacial score (nSPS) is 19.8. The van der Waals surface area contributed by atoms with Crippen LogP contribution in [0.5, 0.6) is 0 Å². The molecule has 0 saturated carbocycles. The molecular weight excluding hydrogens is 242 g/mol. The lowest BCUT2D eigenvalue weighted by Gasteiger charge is -2.28. The third-order valence-corrected chi connectivity index (χ3v) is 2.61. The van der Waals surface area contributed by atoms with E-state index in [0.717, 1.165) is 12.8 Å². The zero-order valence-electron chi connectivity index (χ0n) is 11.8. The Hall–Kier alpha value is -1.96. The molecule has 1 rings (SSSR count). The van der Waals surface area contributed by atoms with Crippen molar-refractivity contribution >= 4 is 12.8 Å². The number of allylic oxidation sites excluding steroid dienone is 1. The first-order chi connectivity index (χ1) is 8.87. The average molecular weight is 263 g/mol. The van der Waals surface area contributed by atoms with Crippen molar-refractivity contribution in [2.45, 2.75) is 45.4 Å². The van der Waals surface area contributed by atoms with Crippen molar-refractivity contribution in [2.24, 2.45) is 4.99 Å². The fourth-order valence-electron chi connectivity index (χ4n) is 1.79. The number of nitrogens with zero attached hydrogens (tertiary/aromatic N) is 2. The standard InChI is InChI=1S/C14H21N3O2/c1-6-11(15-5)10-16-12-8-7-9-17(12)13(18)19-14(2,3)4/h1,10,12,16H,5,7-9H2,2-4H3/b11-10-. The molecule has 1 aliphatic heterocycles. The summed E-state index contributed by atoms with van der Waals surface area (Å²) >= 11 is 0. The van der Waals surface area contributed by atoms with Crippen LogP contribution < -0.4 is 5.32 Å². The lowest BCUT2D eigenvalue weighted by molar-refractivity contribution is 0.0211. The van der Waals surface area contributed by atoms with Crippen LogP contribution in [0, 0.1) is 12.3 Å². The molecule has 0 spiro atoms. The molecule has 104 valence electrons. The van der Waals surface area contributed by atoms with E-state index in [-0.39, 0.29) is 12.3 Å². The lowest BCUT2D eigenvalue weighted by Crippen LogP contribution is -2.45. The number of carbonyl (C=O) groups is 1. The Morgan fingerprint density at radius 3 is 2.84 bits per heavy atom. The average Bonchev–Trinajstić information content (AvgIpc) is 2.76. The zero-order chi connectivity index (χ0) is 14.5. The largest absolute Gasteiger partial charge is 0.444 e. The summed E-state index contributed by atoms with van der Waals surface area (Å²) < 4.78 is 5.36. The number of likely N-dealkylation sites (tertiary alicyclic amines) is 1. The summed E-state index contributed by atoms with van der Waals surface area (Å²) in [5, 5.41) is 3.09. The van der Waals surface area contributed by atoms with Crippen LogP contribution in [-0.4, -0.2) is 36.0 Å². The van der Waals surface area contributed by atoms with Crippen LogP contribution in [0.2, 0.25) is 0 Å². The highest BCUT2D eigenvalue weighted by Gasteiger charge is 2.31. The number of hydrogen-bond donors (Lipinski definition) is 1. The summed E-state index contributed by atoms with van der Waals surface area (Å²) in [7, 11) is 0. The molecular formula is C14H21N3O2. The predicted octanol–water partition coefficient (Wildman–Crippen LogP) is 2.11. The number of nitrogens with one attached hydrogen (secondary N) is 1. The minimum atomic E-state index is -0.493. The van der Waals surface area contributed by atoms with E-state index in [1.807, 2.05) is 20.8 Å². The molecule has 0 aliphatic carbocycles. The predicted molar refractivity (Wildman–Crippen MR) is 75.6 cm³/mol. The van der Waals surface area contributed by atoms with Crippen LogP contribution in [-0.2, 0) is 4.74 Å². The van der Waals surface area contributed by atoms with Gasteiger partial charge in [0.15, 0.2) is 0 Å². The molecule has 0 aromatic heterocycles. The molecule has 0 bridgehead atoms. The number of hydrogen-bond acceptors (Lipinski definition) is 4. The van der Waals surface area contributed by atoms with Crippen LogP contribution in [0.1, 0.15) is 33.6 Å². The monoisotopic (exact) mass is 263 g/mol. The van der Waals surface area contributed by atoms with E-state index in [4.69, 9.17) is 11.2 Å². The Balaban J connectivity index is 2.65. The molecule has 1 atom stereocenters. The number of amides is 1. The van der Waals surface area contributed by atoms with Crippen LogP contribution in [0.25, 0.3) is 0 Å². The summed E-state index contributed by atoms with van der Waals surface area (Å²) in [5.74, 6) is 2.39. The van der Waals surface area contributed by atoms with Crippen molar-refractivity contribution in [3.8, 4) is 12.3 Å². The van der Waals surface area contributed by atoms with Gasteiger partial charge in [-0.15, -0.1) is 6.42 Å². The van der Waals surface area contributed by atoms with E-state index in [0.29, 0.717) is 12.2 Å². The highest BCUT2D eigenvalue weighted by Crippen LogP contribution is 2.19. The maximum atomic E-state index is 12.0. The molecule has 1 amide bonds. The first-order valence-corrected chi connectivity index (χ1v) is 6.26. The summed E-state index contributed by atoms with van der Waals surface area (Å²) in [6, 6.07) is 0. The highest BCUT2D eigenvalue weighted by atomic mass is 16.6. The van der Waals surface area contributed by atoms with Gasteiger partial charge in [-0.05, 0) is 46.3 Å². The van der Waals surface area contributed by atoms with E-state index < -0.39 is 5.60 Å². The number of ether oxygens (including phenoxy) is 1. The van der Waals surface area contributed by atoms with E-state index >= 15 is 0 Å². The van der Waals surface area contributed by atoms with Crippen molar-refractivity contribution < 1.29 is 9.53 Å². The number of rotatable bonds is 3. The maximum absolute atomic E-state index is 12.0. The smallest absolute Gasteiger partial charge is 0.411 e. The third-order valence-electron chi connectivity index (χ3n) is 2.61. The van der Waals surface area contributed by atoms with Gasteiger partial charge >= 0.3 is 6.09 Å². The number of carbonyl (C=O) groups excluding carboxylic acids is 1. The van der Waals surface area contributed by atoms with E-state index in [2.05, 4.69) is 22.9 Å². The third kappa shape index (κ3) is 4.66. The second-order valence-electron chi connectivity index (χ2n) is 5.33. The summed E-state index contributed by atoms with van der Waals surface area (Å²) in [5.41, 5.74) is -0.0803. The summed E-state index contributed by atoms with van der Waals surface area (Å²) in [6.07, 6.45) is 8.20. The Labute approximate surface area is 114 Å². The second-order valence-corrected chi connectivity index (χ2v) is 5.33. The van der Waals surface area contributed by atoms with Crippen molar-refractivity contribution in [1.82, 2.24) is 10.2 Å². The van der Waals surface area contributed by atoms with Crippen molar-refractivity contribution in [1.29, 1.82) is 0 Å². The molecule has 1 saturated heterocycles. The van der Waals surface area contributed by atoms with Crippen molar-refractivity contribution in [2.75, 3.05) is 6.54 Å². The number of terminal acetylenes is 1. The van der Waals surface area contributed by atoms with Crippen LogP contribution in [0.4, 0.5) is 4.79 Å². The first-order valence-electron chi connectivity index (χ1n) is 6.26. The Bertz CT molecular complexity index is 415. The van der Waals surface area contributed by atoms with Crippen LogP contribution >= 0.6 is 0 Å². The maximum Gasteiger partial charge on any atom is 0.411 e. The molecule has 0 aromatic carbocycles. The molecule has 19 heavy (non-hydrogen) atoms. The van der Waals surface area contributed by atoms with Gasteiger partial charge in [0.1, 0.15) is 17.5 Å². The van der Waals surface area contributed by atoms with Crippen LogP contribution in [0.3, 0.4) is 0 Å². The minimum Gasteiger partial charge on any atom is -0.444 e. The zero-order valence-corrected chi connectivity index (χ0v) is 11.8. The lowest BCUT2D eigenvalue weighted by atomic mass is 10.2. The molecule has 1 aliphatic rings. The summed E-state index contributed by atoms with van der Waals surface area (Å²) in [6.45, 7) is 9.59. The van der Waals surface area contributed by atoms with Crippen LogP contribution in [0.15, 0.2) is 16.9 Å². The Morgan fingerprint density at radius 1 is 1.63 bits per heavy atom. The molecule has 5 nitrogen and oxygen atoms in total. The van der Waals surface area contributed by atoms with Gasteiger partial charge in [-0.25, -0.2) is 4.79 Å². The topological polar surface area (TPSA) is 53.9 Å². The van der Waals surface area contributed by atoms with Gasteiger partial charge in [-0.1, -0.05) is 0 Å². The Morgan fingerprint density at radius 2 is 2.32 bits per heavy atom. The quantitative estimate of drug-likeness (QED) is 0.626. The van der Waals surface area contributed by atoms with Gasteiger partial charge < -0.3 is 10.1 Å². The Kier molecular flexibility index (Phi) is 4.99. The second kappa shape index (κ2) is 6.28. The number of aliphatic imine (C=N–C) groups is 1. The molecule has 0 aromatic rings. The molecule has 1 heterocycles. The van der Waals surface area contributed by atoms with Crippen molar-refractivity contribution in [3.63, 3.8) is 0 Å². The highest BCUT2D eigenvalue weighted by molar-refractivity contribution is 5.68. The van der Waals surface area contributed by atoms with Crippen molar-refractivity contribution in [3.05, 3.63) is 11.9 Å². The minimum absolute atomic E-state index is 0.111. The fraction of sp³-hybridized carbons (Fsp3) is 0.571. The van der Waals surface area contributed by atoms with Gasteiger partial charge in [0.2, 0.25) is 0 Å². The summed E-state index contributed by atoms with van der Waals surface area (Å²) in [4.78, 5) is 17.4. The van der Waals surface area contributed by atoms with Gasteiger partial charge in [-0.2, -0.15) is 0 Å². The van der Waals surface area contributed by atoms with E-state index in [1.165, 1.54) is 0 Å². The van der Waals surface area contributed by atoms with E-state index in [9.17, 15) is 4.79 Å². The van der Waals surface area contributed by atoms with Gasteiger partial charge in [-0.3, -0.25) is 9.89 Å². The molecule has 5 heteroatoms. The van der Waals surface area contributed by atoms with E-state index in [1.54, 1.807) is 11.1 Å². The fourth-order valence-corrected chi connectivity index (χ4v) is 1.79. The molecule has 0 radical (unpaired) electrons. The van der Waals surface area contributed by atoms with Gasteiger partial charge in [0.25, 0.3) is 0 Å².